The zero-order valence-corrected chi connectivity index (χ0v) is 15.0. The molecule has 1 amide bonds. The third-order valence-corrected chi connectivity index (χ3v) is 4.46. The van der Waals surface area contributed by atoms with Crippen molar-refractivity contribution in [2.45, 2.75) is 13.2 Å². The summed E-state index contributed by atoms with van der Waals surface area (Å²) in [5.41, 5.74) is 0.762. The van der Waals surface area contributed by atoms with E-state index in [2.05, 4.69) is 14.7 Å². The maximum atomic E-state index is 12.6. The summed E-state index contributed by atoms with van der Waals surface area (Å²) in [5.74, 6) is -0.0389. The number of carbonyl (C=O) groups is 1. The number of likely N-dealkylation sites (N-methyl/N-ethyl adjacent to an activating group) is 1. The van der Waals surface area contributed by atoms with E-state index in [9.17, 15) is 13.6 Å². The Morgan fingerprint density at radius 3 is 2.69 bits per heavy atom. The van der Waals surface area contributed by atoms with Crippen LogP contribution in [-0.4, -0.2) is 65.3 Å². The Morgan fingerprint density at radius 2 is 2.00 bits per heavy atom. The minimum absolute atomic E-state index is 0.0138. The van der Waals surface area contributed by atoms with E-state index in [0.717, 1.165) is 13.1 Å². The molecule has 1 fully saturated rings. The number of piperazine rings is 1. The van der Waals surface area contributed by atoms with Crippen molar-refractivity contribution in [3.63, 3.8) is 0 Å². The average molecular weight is 385 g/mol. The van der Waals surface area contributed by atoms with E-state index >= 15 is 0 Å². The lowest BCUT2D eigenvalue weighted by atomic mass is 10.1. The van der Waals surface area contributed by atoms with Gasteiger partial charge in [-0.1, -0.05) is 11.6 Å². The van der Waals surface area contributed by atoms with Gasteiger partial charge in [0.1, 0.15) is 12.3 Å². The van der Waals surface area contributed by atoms with Gasteiger partial charge in [0.15, 0.2) is 0 Å². The van der Waals surface area contributed by atoms with Crippen LogP contribution in [-0.2, 0) is 11.3 Å². The van der Waals surface area contributed by atoms with Crippen LogP contribution in [0.25, 0.3) is 11.3 Å². The Morgan fingerprint density at radius 1 is 1.27 bits per heavy atom. The molecule has 0 spiro atoms. The summed E-state index contributed by atoms with van der Waals surface area (Å²) in [6, 6.07) is 5.99. The van der Waals surface area contributed by atoms with Gasteiger partial charge in [-0.3, -0.25) is 9.48 Å². The first-order valence-corrected chi connectivity index (χ1v) is 8.54. The Kier molecular flexibility index (Phi) is 5.73. The van der Waals surface area contributed by atoms with E-state index in [1.165, 1.54) is 22.9 Å². The van der Waals surface area contributed by atoms with Gasteiger partial charge >= 0.3 is 6.61 Å². The van der Waals surface area contributed by atoms with Crippen molar-refractivity contribution in [1.82, 2.24) is 19.6 Å². The van der Waals surface area contributed by atoms with Crippen LogP contribution in [0.1, 0.15) is 0 Å². The van der Waals surface area contributed by atoms with Gasteiger partial charge in [0.2, 0.25) is 5.91 Å². The first-order chi connectivity index (χ1) is 12.4. The van der Waals surface area contributed by atoms with Gasteiger partial charge in [-0.15, -0.1) is 0 Å². The summed E-state index contributed by atoms with van der Waals surface area (Å²) in [6.45, 7) is 0.194. The third-order valence-electron chi connectivity index (χ3n) is 4.23. The maximum Gasteiger partial charge on any atom is 0.387 e. The van der Waals surface area contributed by atoms with E-state index in [-0.39, 0.29) is 18.2 Å². The Bertz CT molecular complexity index is 776. The molecule has 140 valence electrons. The highest BCUT2D eigenvalue weighted by atomic mass is 35.5. The van der Waals surface area contributed by atoms with Crippen molar-refractivity contribution in [1.29, 1.82) is 0 Å². The quantitative estimate of drug-likeness (QED) is 0.795. The molecule has 0 unspecified atom stereocenters. The largest absolute Gasteiger partial charge is 0.434 e. The second kappa shape index (κ2) is 8.01. The van der Waals surface area contributed by atoms with Gasteiger partial charge in [-0.05, 0) is 31.3 Å². The molecule has 3 rings (SSSR count). The molecular formula is C17H19ClF2N4O2. The lowest BCUT2D eigenvalue weighted by Gasteiger charge is -2.32. The van der Waals surface area contributed by atoms with Crippen LogP contribution in [0.3, 0.4) is 0 Å². The summed E-state index contributed by atoms with van der Waals surface area (Å²) >= 11 is 5.97. The molecule has 1 aliphatic heterocycles. The molecule has 1 aromatic carbocycles. The number of halogens is 3. The Balaban J connectivity index is 1.74. The molecule has 1 aliphatic rings. The van der Waals surface area contributed by atoms with Crippen molar-refractivity contribution in [2.24, 2.45) is 0 Å². The molecule has 9 heteroatoms. The SMILES string of the molecule is CN1CCN(C(=O)Cn2ccc(-c3cc(Cl)ccc3OC(F)F)n2)CC1. The van der Waals surface area contributed by atoms with Crippen molar-refractivity contribution in [3.8, 4) is 17.0 Å². The first kappa shape index (κ1) is 18.6. The topological polar surface area (TPSA) is 50.6 Å². The predicted octanol–water partition coefficient (Wildman–Crippen LogP) is 2.58. The molecule has 0 N–H and O–H groups in total. The fraction of sp³-hybridized carbons (Fsp3) is 0.412. The van der Waals surface area contributed by atoms with E-state index in [0.29, 0.717) is 29.4 Å². The predicted molar refractivity (Wildman–Crippen MR) is 93.4 cm³/mol. The molecule has 2 heterocycles. The molecular weight excluding hydrogens is 366 g/mol. The first-order valence-electron chi connectivity index (χ1n) is 8.17. The summed E-state index contributed by atoms with van der Waals surface area (Å²) in [4.78, 5) is 16.4. The van der Waals surface area contributed by atoms with Crippen LogP contribution in [0.15, 0.2) is 30.5 Å². The smallest absolute Gasteiger partial charge is 0.387 e. The van der Waals surface area contributed by atoms with Crippen molar-refractivity contribution >= 4 is 17.5 Å². The highest BCUT2D eigenvalue weighted by Crippen LogP contribution is 2.32. The summed E-state index contributed by atoms with van der Waals surface area (Å²) < 4.78 is 31.2. The number of rotatable bonds is 5. The van der Waals surface area contributed by atoms with Crippen molar-refractivity contribution in [3.05, 3.63) is 35.5 Å². The monoisotopic (exact) mass is 384 g/mol. The number of hydrogen-bond donors (Lipinski definition) is 0. The molecule has 6 nitrogen and oxygen atoms in total. The number of nitrogens with zero attached hydrogens (tertiary/aromatic N) is 4. The van der Waals surface area contributed by atoms with Gasteiger partial charge in [0, 0.05) is 43.0 Å². The maximum absolute atomic E-state index is 12.6. The second-order valence-corrected chi connectivity index (χ2v) is 6.54. The Hall–Kier alpha value is -2.19. The molecule has 0 radical (unpaired) electrons. The minimum Gasteiger partial charge on any atom is -0.434 e. The van der Waals surface area contributed by atoms with Crippen LogP contribution in [0.2, 0.25) is 5.02 Å². The normalized spacial score (nSPS) is 15.5. The van der Waals surface area contributed by atoms with Crippen LogP contribution >= 0.6 is 11.6 Å². The fourth-order valence-corrected chi connectivity index (χ4v) is 2.96. The van der Waals surface area contributed by atoms with Crippen molar-refractivity contribution < 1.29 is 18.3 Å². The number of ether oxygens (including phenoxy) is 1. The molecule has 26 heavy (non-hydrogen) atoms. The minimum atomic E-state index is -2.95. The zero-order chi connectivity index (χ0) is 18.7. The standard InChI is InChI=1S/C17H19ClF2N4O2/c1-22-6-8-23(9-7-22)16(25)11-24-5-4-14(21-24)13-10-12(18)2-3-15(13)26-17(19)20/h2-5,10,17H,6-9,11H2,1H3. The highest BCUT2D eigenvalue weighted by molar-refractivity contribution is 6.30. The summed E-state index contributed by atoms with van der Waals surface area (Å²) in [7, 11) is 2.02. The zero-order valence-electron chi connectivity index (χ0n) is 14.2. The van der Waals surface area contributed by atoms with Crippen LogP contribution in [0.5, 0.6) is 5.75 Å². The van der Waals surface area contributed by atoms with E-state index in [1.807, 2.05) is 7.05 Å². The van der Waals surface area contributed by atoms with Crippen LogP contribution in [0.4, 0.5) is 8.78 Å². The Labute approximate surface area is 154 Å². The number of benzene rings is 1. The number of carbonyl (C=O) groups excluding carboxylic acids is 1. The molecule has 0 bridgehead atoms. The third kappa shape index (κ3) is 4.50. The summed E-state index contributed by atoms with van der Waals surface area (Å²) in [6.07, 6.45) is 1.64. The lowest BCUT2D eigenvalue weighted by molar-refractivity contribution is -0.133. The van der Waals surface area contributed by atoms with Gasteiger partial charge in [0.25, 0.3) is 0 Å². The van der Waals surface area contributed by atoms with E-state index in [1.54, 1.807) is 17.2 Å². The number of hydrogen-bond acceptors (Lipinski definition) is 4. The number of aromatic nitrogens is 2. The van der Waals surface area contributed by atoms with Gasteiger partial charge in [-0.2, -0.15) is 13.9 Å². The average Bonchev–Trinajstić information content (AvgIpc) is 3.05. The van der Waals surface area contributed by atoms with Crippen molar-refractivity contribution in [2.75, 3.05) is 33.2 Å². The van der Waals surface area contributed by atoms with Gasteiger partial charge in [0.05, 0.1) is 5.69 Å². The fourth-order valence-electron chi connectivity index (χ4n) is 2.79. The second-order valence-electron chi connectivity index (χ2n) is 6.10. The van der Waals surface area contributed by atoms with Gasteiger partial charge < -0.3 is 14.5 Å². The van der Waals surface area contributed by atoms with Crippen LogP contribution in [0, 0.1) is 0 Å². The molecule has 1 saturated heterocycles. The molecule has 0 atom stereocenters. The molecule has 1 aromatic heterocycles. The molecule has 2 aromatic rings. The van der Waals surface area contributed by atoms with Crippen LogP contribution < -0.4 is 4.74 Å². The van der Waals surface area contributed by atoms with Gasteiger partial charge in [-0.25, -0.2) is 0 Å². The highest BCUT2D eigenvalue weighted by Gasteiger charge is 2.20. The number of amides is 1. The molecule has 0 aliphatic carbocycles. The number of alkyl halides is 2. The summed E-state index contributed by atoms with van der Waals surface area (Å²) in [5, 5.41) is 4.69. The lowest BCUT2D eigenvalue weighted by Crippen LogP contribution is -2.48. The molecule has 0 saturated carbocycles. The van der Waals surface area contributed by atoms with E-state index in [4.69, 9.17) is 11.6 Å². The van der Waals surface area contributed by atoms with E-state index < -0.39 is 6.61 Å².